The minimum atomic E-state index is -1.45. The molecule has 2 aromatic carbocycles. The topological polar surface area (TPSA) is 124 Å². The number of hydrogen-bond donors (Lipinski definition) is 0. The highest BCUT2D eigenvalue weighted by atomic mass is 17.3. The van der Waals surface area contributed by atoms with Crippen molar-refractivity contribution < 1.29 is 48.2 Å². The molecule has 0 saturated heterocycles. The summed E-state index contributed by atoms with van der Waals surface area (Å²) in [6.07, 6.45) is -2.90. The number of carbonyl (C=O) groups is 4. The molecular formula is C17H12O10. The molecule has 0 aliphatic heterocycles. The van der Waals surface area contributed by atoms with Crippen molar-refractivity contribution in [1.82, 2.24) is 0 Å². The largest absolute Gasteiger partial charge is 0.552 e. The predicted molar refractivity (Wildman–Crippen MR) is 83.7 cm³/mol. The Bertz CT molecular complexity index is 720. The van der Waals surface area contributed by atoms with Gasteiger partial charge in [0.05, 0.1) is 11.1 Å². The monoisotopic (exact) mass is 376 g/mol. The maximum absolute atomic E-state index is 11.5. The van der Waals surface area contributed by atoms with Crippen LogP contribution in [0.1, 0.15) is 20.7 Å². The Hall–Kier alpha value is -4.08. The smallest absolute Gasteiger partial charge is 0.394 e. The molecule has 0 saturated carbocycles. The van der Waals surface area contributed by atoms with Crippen LogP contribution in [0.15, 0.2) is 60.7 Å². The van der Waals surface area contributed by atoms with Crippen molar-refractivity contribution in [1.29, 1.82) is 0 Å². The normalized spacial score (nSPS) is 9.48. The molecule has 27 heavy (non-hydrogen) atoms. The molecule has 0 aliphatic carbocycles. The first-order chi connectivity index (χ1) is 13.1. The number of rotatable bonds is 4. The van der Waals surface area contributed by atoms with Crippen molar-refractivity contribution in [3.05, 3.63) is 71.8 Å². The summed E-state index contributed by atoms with van der Waals surface area (Å²) in [6, 6.07) is 15.4. The molecule has 0 aliphatic rings. The fourth-order valence-corrected chi connectivity index (χ4v) is 1.56. The second kappa shape index (κ2) is 10.0. The van der Waals surface area contributed by atoms with Crippen molar-refractivity contribution in [2.45, 2.75) is 0 Å². The number of carbonyl (C=O) groups excluding carboxylic acids is 4. The van der Waals surface area contributed by atoms with Gasteiger partial charge in [-0.25, -0.2) is 29.1 Å². The molecule has 0 atom stereocenters. The fraction of sp³-hybridized carbons (Fsp3) is 0.0588. The molecule has 2 rings (SSSR count). The number of ether oxygens (including phenoxy) is 2. The van der Waals surface area contributed by atoms with Gasteiger partial charge in [0.2, 0.25) is 6.79 Å². The van der Waals surface area contributed by atoms with Crippen LogP contribution < -0.4 is 0 Å². The Morgan fingerprint density at radius 2 is 0.926 bits per heavy atom. The lowest BCUT2D eigenvalue weighted by Crippen LogP contribution is -2.18. The molecule has 0 aromatic heterocycles. The Balaban J connectivity index is 1.59. The molecule has 0 N–H and O–H groups in total. The Kier molecular flexibility index (Phi) is 7.15. The van der Waals surface area contributed by atoms with Crippen LogP contribution in [0.5, 0.6) is 0 Å². The molecule has 0 bridgehead atoms. The molecule has 0 fully saturated rings. The van der Waals surface area contributed by atoms with Crippen molar-refractivity contribution in [2.24, 2.45) is 0 Å². The van der Waals surface area contributed by atoms with E-state index < -0.39 is 31.0 Å². The van der Waals surface area contributed by atoms with Gasteiger partial charge < -0.3 is 9.47 Å². The maximum Gasteiger partial charge on any atom is 0.552 e. The Morgan fingerprint density at radius 1 is 0.556 bits per heavy atom. The summed E-state index contributed by atoms with van der Waals surface area (Å²) in [6.45, 7) is -0.941. The summed E-state index contributed by atoms with van der Waals surface area (Å²) in [5, 5.41) is 0. The van der Waals surface area contributed by atoms with Gasteiger partial charge in [-0.2, -0.15) is 9.59 Å². The van der Waals surface area contributed by atoms with Crippen LogP contribution in [0.4, 0.5) is 9.59 Å². The third-order valence-electron chi connectivity index (χ3n) is 2.74. The lowest BCUT2D eigenvalue weighted by Gasteiger charge is -2.05. The first-order valence-corrected chi connectivity index (χ1v) is 7.27. The van der Waals surface area contributed by atoms with Crippen molar-refractivity contribution >= 4 is 24.2 Å². The molecule has 0 amide bonds. The van der Waals surface area contributed by atoms with Gasteiger partial charge in [0, 0.05) is 0 Å². The lowest BCUT2D eigenvalue weighted by atomic mass is 10.2. The van der Waals surface area contributed by atoms with Gasteiger partial charge >= 0.3 is 24.2 Å². The highest BCUT2D eigenvalue weighted by Gasteiger charge is 2.16. The van der Waals surface area contributed by atoms with Crippen molar-refractivity contribution in [3.8, 4) is 0 Å². The van der Waals surface area contributed by atoms with Gasteiger partial charge in [0.1, 0.15) is 0 Å². The van der Waals surface area contributed by atoms with Crippen molar-refractivity contribution in [3.63, 3.8) is 0 Å². The summed E-state index contributed by atoms with van der Waals surface area (Å²) < 4.78 is 8.58. The SMILES string of the molecule is O=C(OCOC(=O)OOC(=O)c1ccccc1)OOC(=O)c1ccccc1. The van der Waals surface area contributed by atoms with E-state index in [0.29, 0.717) is 0 Å². The van der Waals surface area contributed by atoms with Crippen LogP contribution in [0.2, 0.25) is 0 Å². The van der Waals surface area contributed by atoms with Crippen LogP contribution >= 0.6 is 0 Å². The molecule has 0 spiro atoms. The van der Waals surface area contributed by atoms with Gasteiger partial charge in [-0.3, -0.25) is 0 Å². The third kappa shape index (κ3) is 6.74. The third-order valence-corrected chi connectivity index (χ3v) is 2.74. The minimum absolute atomic E-state index is 0.144. The average Bonchev–Trinajstić information content (AvgIpc) is 2.71. The van der Waals surface area contributed by atoms with E-state index in [1.807, 2.05) is 0 Å². The average molecular weight is 376 g/mol. The Morgan fingerprint density at radius 3 is 1.30 bits per heavy atom. The van der Waals surface area contributed by atoms with Crippen LogP contribution in [-0.2, 0) is 29.0 Å². The summed E-state index contributed by atoms with van der Waals surface area (Å²) in [5.74, 6) is -1.86. The van der Waals surface area contributed by atoms with Crippen molar-refractivity contribution in [2.75, 3.05) is 6.79 Å². The second-order valence-electron chi connectivity index (χ2n) is 4.55. The van der Waals surface area contributed by atoms with Gasteiger partial charge in [0.25, 0.3) is 0 Å². The maximum atomic E-state index is 11.5. The van der Waals surface area contributed by atoms with Gasteiger partial charge in [-0.05, 0) is 24.3 Å². The molecule has 10 heteroatoms. The van der Waals surface area contributed by atoms with E-state index in [2.05, 4.69) is 29.0 Å². The summed E-state index contributed by atoms with van der Waals surface area (Å²) >= 11 is 0. The molecule has 0 radical (unpaired) electrons. The molecule has 140 valence electrons. The summed E-state index contributed by atoms with van der Waals surface area (Å²) in [4.78, 5) is 61.9. The van der Waals surface area contributed by atoms with Gasteiger partial charge in [-0.15, -0.1) is 0 Å². The predicted octanol–water partition coefficient (Wildman–Crippen LogP) is 2.79. The van der Waals surface area contributed by atoms with Gasteiger partial charge in [0.15, 0.2) is 0 Å². The fourth-order valence-electron chi connectivity index (χ4n) is 1.56. The van der Waals surface area contributed by atoms with Gasteiger partial charge in [-0.1, -0.05) is 36.4 Å². The van der Waals surface area contributed by atoms with Crippen LogP contribution in [0, 0.1) is 0 Å². The quantitative estimate of drug-likeness (QED) is 0.340. The lowest BCUT2D eigenvalue weighted by molar-refractivity contribution is -0.223. The van der Waals surface area contributed by atoms with E-state index in [1.165, 1.54) is 24.3 Å². The van der Waals surface area contributed by atoms with E-state index in [9.17, 15) is 19.2 Å². The molecule has 0 unspecified atom stereocenters. The zero-order valence-corrected chi connectivity index (χ0v) is 13.6. The molecular weight excluding hydrogens is 364 g/mol. The summed E-state index contributed by atoms with van der Waals surface area (Å²) in [5.41, 5.74) is 0.288. The standard InChI is InChI=1S/C17H12O10/c18-14(12-7-3-1-4-8-12)24-26-16(20)22-11-23-17(21)27-25-15(19)13-9-5-2-6-10-13/h1-10H,11H2. The van der Waals surface area contributed by atoms with E-state index in [4.69, 9.17) is 0 Å². The zero-order chi connectivity index (χ0) is 19.5. The van der Waals surface area contributed by atoms with E-state index in [0.717, 1.165) is 0 Å². The minimum Gasteiger partial charge on any atom is -0.394 e. The Labute approximate surface area is 151 Å². The summed E-state index contributed by atoms with van der Waals surface area (Å²) in [7, 11) is 0. The first kappa shape index (κ1) is 19.2. The molecule has 2 aromatic rings. The molecule has 10 nitrogen and oxygen atoms in total. The van der Waals surface area contributed by atoms with Crippen LogP contribution in [-0.4, -0.2) is 31.0 Å². The number of hydrogen-bond acceptors (Lipinski definition) is 10. The van der Waals surface area contributed by atoms with Crippen LogP contribution in [0.25, 0.3) is 0 Å². The van der Waals surface area contributed by atoms with E-state index >= 15 is 0 Å². The second-order valence-corrected chi connectivity index (χ2v) is 4.55. The highest BCUT2D eigenvalue weighted by molar-refractivity contribution is 5.89. The van der Waals surface area contributed by atoms with E-state index in [1.54, 1.807) is 36.4 Å². The number of benzene rings is 2. The zero-order valence-electron chi connectivity index (χ0n) is 13.6. The van der Waals surface area contributed by atoms with E-state index in [-0.39, 0.29) is 11.1 Å². The van der Waals surface area contributed by atoms with Crippen LogP contribution in [0.3, 0.4) is 0 Å². The highest BCUT2D eigenvalue weighted by Crippen LogP contribution is 2.03. The first-order valence-electron chi connectivity index (χ1n) is 7.27. The molecule has 0 heterocycles.